The lowest BCUT2D eigenvalue weighted by atomic mass is 9.83. The Bertz CT molecular complexity index is 3200. The first-order chi connectivity index (χ1) is 31.5. The number of nitrogens with zero attached hydrogens (tertiary/aromatic N) is 3. The number of imidazole rings is 1. The third-order valence-corrected chi connectivity index (χ3v) is 12.7. The number of fused-ring (bicyclic) bond motifs is 1. The fraction of sp³-hybridized carbons (Fsp3) is 0.213. The predicted octanol–water partition coefficient (Wildman–Crippen LogP) is 16.8. The van der Waals surface area contributed by atoms with Gasteiger partial charge in [0.05, 0.1) is 28.0 Å². The molecular formula is C61H59N3O. The molecule has 4 heteroatoms. The maximum absolute atomic E-state index is 12.3. The molecule has 324 valence electrons. The number of aromatic hydroxyl groups is 1. The lowest BCUT2D eigenvalue weighted by Crippen LogP contribution is -2.16. The van der Waals surface area contributed by atoms with E-state index in [2.05, 4.69) is 205 Å². The third-order valence-electron chi connectivity index (χ3n) is 12.7. The van der Waals surface area contributed by atoms with Crippen LogP contribution < -0.4 is 0 Å². The summed E-state index contributed by atoms with van der Waals surface area (Å²) in [7, 11) is 0. The van der Waals surface area contributed by atoms with E-state index in [1.807, 2.05) is 32.2 Å². The standard InChI is InChI=1S/C61H59N3O/c1-38(2)41-23-25-44(26-24-41)46-29-30-62-55(37-46)50-32-48(43-19-14-11-15-20-43)31-49(33-50)51-21-16-22-57-58(51)63-60(53-35-47(39(3)4)34-52(40(5)6)59(53)65)64(57)56-28-27-45(36-54(56)61(7,8)9)42-17-12-10-13-18-42/h10-40,65H,1-9H3/i38D. The molecule has 0 saturated heterocycles. The number of para-hydroxylation sites is 1. The van der Waals surface area contributed by atoms with Crippen molar-refractivity contribution in [3.63, 3.8) is 0 Å². The van der Waals surface area contributed by atoms with Crippen molar-refractivity contribution in [2.24, 2.45) is 0 Å². The smallest absolute Gasteiger partial charge is 0.149 e. The van der Waals surface area contributed by atoms with E-state index in [1.54, 1.807) is 0 Å². The lowest BCUT2D eigenvalue weighted by molar-refractivity contribution is 0.466. The maximum atomic E-state index is 12.3. The zero-order valence-corrected chi connectivity index (χ0v) is 39.1. The molecule has 0 aliphatic carbocycles. The van der Waals surface area contributed by atoms with Gasteiger partial charge in [0.2, 0.25) is 0 Å². The van der Waals surface area contributed by atoms with Crippen molar-refractivity contribution in [1.29, 1.82) is 0 Å². The van der Waals surface area contributed by atoms with Gasteiger partial charge in [-0.1, -0.05) is 172 Å². The Labute approximate surface area is 386 Å². The Hall–Kier alpha value is -7.04. The minimum atomic E-state index is -0.674. The molecule has 65 heavy (non-hydrogen) atoms. The van der Waals surface area contributed by atoms with Crippen LogP contribution in [0.25, 0.3) is 83.9 Å². The molecule has 0 bridgehead atoms. The molecule has 0 aliphatic heterocycles. The predicted molar refractivity (Wildman–Crippen MR) is 274 cm³/mol. The van der Waals surface area contributed by atoms with Crippen molar-refractivity contribution in [2.75, 3.05) is 0 Å². The van der Waals surface area contributed by atoms with E-state index in [1.165, 1.54) is 5.56 Å². The molecule has 7 aromatic carbocycles. The highest BCUT2D eigenvalue weighted by atomic mass is 16.3. The molecule has 0 unspecified atom stereocenters. The van der Waals surface area contributed by atoms with Crippen molar-refractivity contribution < 1.29 is 6.48 Å². The number of benzene rings is 7. The number of aromatic nitrogens is 3. The van der Waals surface area contributed by atoms with E-state index in [9.17, 15) is 5.11 Å². The van der Waals surface area contributed by atoms with Gasteiger partial charge in [-0.2, -0.15) is 0 Å². The van der Waals surface area contributed by atoms with Crippen LogP contribution in [0.1, 0.15) is 104 Å². The van der Waals surface area contributed by atoms with Crippen molar-refractivity contribution in [1.82, 2.24) is 14.5 Å². The molecule has 0 aliphatic rings. The van der Waals surface area contributed by atoms with E-state index >= 15 is 0 Å². The van der Waals surface area contributed by atoms with Crippen LogP contribution >= 0.6 is 0 Å². The molecule has 0 spiro atoms. The SMILES string of the molecule is [2H]C(C)(C)c1ccc(-c2ccnc(-c3cc(-c4ccccc4)cc(-c4cccc5c4nc(-c4cc(C(C)C)cc(C(C)C)c4O)n5-c4ccc(-c5ccccc5)cc4C(C)(C)C)c3)c2)cc1. The summed E-state index contributed by atoms with van der Waals surface area (Å²) in [5.41, 5.74) is 18.0. The highest BCUT2D eigenvalue weighted by Gasteiger charge is 2.27. The van der Waals surface area contributed by atoms with Gasteiger partial charge < -0.3 is 5.11 Å². The van der Waals surface area contributed by atoms with Crippen LogP contribution in [-0.4, -0.2) is 19.6 Å². The first-order valence-corrected chi connectivity index (χ1v) is 22.9. The van der Waals surface area contributed by atoms with Crippen LogP contribution in [0.2, 0.25) is 0 Å². The number of phenols is 1. The Morgan fingerprint density at radius 3 is 1.78 bits per heavy atom. The summed E-state index contributed by atoms with van der Waals surface area (Å²) in [6, 6.07) is 57.9. The van der Waals surface area contributed by atoms with Crippen LogP contribution in [0.15, 0.2) is 170 Å². The average Bonchev–Trinajstić information content (AvgIpc) is 3.70. The van der Waals surface area contributed by atoms with Gasteiger partial charge in [-0.25, -0.2) is 4.98 Å². The Balaban J connectivity index is 1.31. The van der Waals surface area contributed by atoms with Gasteiger partial charge in [0.25, 0.3) is 0 Å². The molecule has 0 fully saturated rings. The molecule has 2 aromatic heterocycles. The van der Waals surface area contributed by atoms with E-state index < -0.39 is 5.89 Å². The van der Waals surface area contributed by atoms with Gasteiger partial charge in [-0.05, 0) is 139 Å². The molecule has 4 nitrogen and oxygen atoms in total. The first-order valence-electron chi connectivity index (χ1n) is 23.4. The molecule has 9 rings (SSSR count). The molecule has 1 N–H and O–H groups in total. The zero-order chi connectivity index (χ0) is 46.5. The van der Waals surface area contributed by atoms with Crippen LogP contribution in [0.3, 0.4) is 0 Å². The second kappa shape index (κ2) is 17.5. The quantitative estimate of drug-likeness (QED) is 0.149. The highest BCUT2D eigenvalue weighted by Crippen LogP contribution is 2.45. The minimum absolute atomic E-state index is 0.104. The topological polar surface area (TPSA) is 50.9 Å². The summed E-state index contributed by atoms with van der Waals surface area (Å²) in [5, 5.41) is 12.3. The van der Waals surface area contributed by atoms with Gasteiger partial charge in [0.15, 0.2) is 0 Å². The Kier molecular flexibility index (Phi) is 11.3. The second-order valence-corrected chi connectivity index (χ2v) is 19.3. The molecular weight excluding hydrogens is 791 g/mol. The minimum Gasteiger partial charge on any atom is -0.507 e. The van der Waals surface area contributed by atoms with Crippen molar-refractivity contribution in [3.8, 4) is 78.6 Å². The number of phenolic OH excluding ortho intramolecular Hbond substituents is 1. The second-order valence-electron chi connectivity index (χ2n) is 19.3. The normalized spacial score (nSPS) is 12.3. The summed E-state index contributed by atoms with van der Waals surface area (Å²) in [4.78, 5) is 10.6. The fourth-order valence-corrected chi connectivity index (χ4v) is 9.01. The molecule has 0 amide bonds. The Morgan fingerprint density at radius 1 is 0.523 bits per heavy atom. The number of hydrogen-bond donors (Lipinski definition) is 1. The Morgan fingerprint density at radius 2 is 1.14 bits per heavy atom. The van der Waals surface area contributed by atoms with Crippen LogP contribution in [0, 0.1) is 0 Å². The van der Waals surface area contributed by atoms with Crippen LogP contribution in [0.5, 0.6) is 5.75 Å². The summed E-state index contributed by atoms with van der Waals surface area (Å²) < 4.78 is 10.8. The molecule has 0 saturated carbocycles. The van der Waals surface area contributed by atoms with E-state index in [0.29, 0.717) is 5.82 Å². The van der Waals surface area contributed by atoms with E-state index in [0.717, 1.165) is 94.7 Å². The van der Waals surface area contributed by atoms with E-state index in [4.69, 9.17) is 11.3 Å². The summed E-state index contributed by atoms with van der Waals surface area (Å²) in [5.74, 6) is 0.639. The van der Waals surface area contributed by atoms with Crippen molar-refractivity contribution in [2.45, 2.75) is 85.5 Å². The largest absolute Gasteiger partial charge is 0.507 e. The third kappa shape index (κ3) is 8.54. The molecule has 2 heterocycles. The average molecular weight is 851 g/mol. The van der Waals surface area contributed by atoms with Crippen LogP contribution in [0.4, 0.5) is 0 Å². The zero-order valence-electron chi connectivity index (χ0n) is 40.1. The fourth-order valence-electron chi connectivity index (χ4n) is 9.01. The maximum Gasteiger partial charge on any atom is 0.149 e. The highest BCUT2D eigenvalue weighted by molar-refractivity contribution is 5.98. The number of hydrogen-bond acceptors (Lipinski definition) is 3. The van der Waals surface area contributed by atoms with Crippen LogP contribution in [-0.2, 0) is 5.41 Å². The first kappa shape index (κ1) is 41.9. The van der Waals surface area contributed by atoms with Crippen molar-refractivity contribution >= 4 is 11.0 Å². The van der Waals surface area contributed by atoms with E-state index in [-0.39, 0.29) is 23.0 Å². The summed E-state index contributed by atoms with van der Waals surface area (Å²) in [6.07, 6.45) is 1.88. The van der Waals surface area contributed by atoms with Gasteiger partial charge >= 0.3 is 0 Å². The summed E-state index contributed by atoms with van der Waals surface area (Å²) >= 11 is 0. The van der Waals surface area contributed by atoms with Gasteiger partial charge in [0.1, 0.15) is 11.6 Å². The summed E-state index contributed by atoms with van der Waals surface area (Å²) in [6.45, 7) is 19.3. The molecule has 0 atom stereocenters. The number of pyridine rings is 1. The molecule has 0 radical (unpaired) electrons. The van der Waals surface area contributed by atoms with Gasteiger partial charge in [0, 0.05) is 18.7 Å². The van der Waals surface area contributed by atoms with Gasteiger partial charge in [-0.15, -0.1) is 0 Å². The van der Waals surface area contributed by atoms with Gasteiger partial charge in [-0.3, -0.25) is 9.55 Å². The monoisotopic (exact) mass is 850 g/mol. The lowest BCUT2D eigenvalue weighted by Gasteiger charge is -2.26. The number of rotatable bonds is 10. The molecule has 9 aromatic rings. The van der Waals surface area contributed by atoms with Crippen molar-refractivity contribution in [3.05, 3.63) is 192 Å².